The molecule has 0 bridgehead atoms. The molecule has 2 nitrogen and oxygen atoms in total. The SMILES string of the molecule is CCCCCCCN(O)CCC. The molecule has 0 aromatic heterocycles. The molecule has 0 fully saturated rings. The third kappa shape index (κ3) is 8.02. The normalized spacial score (nSPS) is 11.0. The molecule has 0 spiro atoms. The summed E-state index contributed by atoms with van der Waals surface area (Å²) in [5.74, 6) is 0. The molecule has 0 saturated carbocycles. The fourth-order valence-electron chi connectivity index (χ4n) is 1.27. The zero-order valence-corrected chi connectivity index (χ0v) is 8.55. The molecule has 0 aliphatic rings. The van der Waals surface area contributed by atoms with Gasteiger partial charge in [-0.2, -0.15) is 5.06 Å². The molecular formula is C10H23NO. The average Bonchev–Trinajstić information content (AvgIpc) is 2.05. The maximum absolute atomic E-state index is 9.24. The molecule has 0 radical (unpaired) electrons. The lowest BCUT2D eigenvalue weighted by Crippen LogP contribution is -2.21. The Labute approximate surface area is 76.5 Å². The molecule has 0 heterocycles. The first-order valence-corrected chi connectivity index (χ1v) is 5.25. The highest BCUT2D eigenvalue weighted by molar-refractivity contribution is 4.46. The molecule has 0 saturated heterocycles. The summed E-state index contributed by atoms with van der Waals surface area (Å²) >= 11 is 0. The van der Waals surface area contributed by atoms with Crippen molar-refractivity contribution in [3.8, 4) is 0 Å². The van der Waals surface area contributed by atoms with Crippen molar-refractivity contribution in [2.24, 2.45) is 0 Å². The van der Waals surface area contributed by atoms with E-state index in [4.69, 9.17) is 0 Å². The average molecular weight is 173 g/mol. The van der Waals surface area contributed by atoms with Gasteiger partial charge in [0.1, 0.15) is 0 Å². The second kappa shape index (κ2) is 9.01. The molecule has 0 atom stereocenters. The van der Waals surface area contributed by atoms with Crippen molar-refractivity contribution < 1.29 is 5.21 Å². The molecule has 74 valence electrons. The highest BCUT2D eigenvalue weighted by atomic mass is 16.5. The summed E-state index contributed by atoms with van der Waals surface area (Å²) in [6.07, 6.45) is 7.37. The van der Waals surface area contributed by atoms with Gasteiger partial charge < -0.3 is 5.21 Å². The molecule has 0 aliphatic carbocycles. The van der Waals surface area contributed by atoms with E-state index in [2.05, 4.69) is 13.8 Å². The van der Waals surface area contributed by atoms with Crippen LogP contribution < -0.4 is 0 Å². The van der Waals surface area contributed by atoms with Gasteiger partial charge in [0.25, 0.3) is 0 Å². The summed E-state index contributed by atoms with van der Waals surface area (Å²) < 4.78 is 0. The number of unbranched alkanes of at least 4 members (excludes halogenated alkanes) is 4. The van der Waals surface area contributed by atoms with E-state index in [-0.39, 0.29) is 0 Å². The van der Waals surface area contributed by atoms with Crippen LogP contribution in [0.2, 0.25) is 0 Å². The minimum atomic E-state index is 0.813. The predicted octanol–water partition coefficient (Wildman–Crippen LogP) is 3.06. The van der Waals surface area contributed by atoms with Crippen LogP contribution in [0.25, 0.3) is 0 Å². The molecule has 0 amide bonds. The van der Waals surface area contributed by atoms with Crippen LogP contribution in [0, 0.1) is 0 Å². The Morgan fingerprint density at radius 1 is 0.833 bits per heavy atom. The van der Waals surface area contributed by atoms with Crippen molar-refractivity contribution in [1.29, 1.82) is 0 Å². The summed E-state index contributed by atoms with van der Waals surface area (Å²) in [4.78, 5) is 0. The van der Waals surface area contributed by atoms with Crippen molar-refractivity contribution in [2.45, 2.75) is 52.4 Å². The van der Waals surface area contributed by atoms with E-state index >= 15 is 0 Å². The van der Waals surface area contributed by atoms with Gasteiger partial charge in [0, 0.05) is 13.1 Å². The largest absolute Gasteiger partial charge is 0.314 e. The molecule has 0 rings (SSSR count). The first-order chi connectivity index (χ1) is 5.81. The van der Waals surface area contributed by atoms with Crippen molar-refractivity contribution in [3.63, 3.8) is 0 Å². The first-order valence-electron chi connectivity index (χ1n) is 5.25. The van der Waals surface area contributed by atoms with E-state index < -0.39 is 0 Å². The smallest absolute Gasteiger partial charge is 0.0238 e. The maximum atomic E-state index is 9.24. The van der Waals surface area contributed by atoms with E-state index in [0.717, 1.165) is 25.9 Å². The zero-order chi connectivity index (χ0) is 9.23. The standard InChI is InChI=1S/C10H23NO/c1-3-5-6-7-8-10-11(12)9-4-2/h12H,3-10H2,1-2H3. The van der Waals surface area contributed by atoms with Crippen molar-refractivity contribution in [3.05, 3.63) is 0 Å². The first kappa shape index (κ1) is 11.9. The fraction of sp³-hybridized carbons (Fsp3) is 1.00. The van der Waals surface area contributed by atoms with E-state index in [0.29, 0.717) is 0 Å². The Kier molecular flexibility index (Phi) is 8.95. The lowest BCUT2D eigenvalue weighted by molar-refractivity contribution is -0.0912. The molecule has 0 aromatic rings. The lowest BCUT2D eigenvalue weighted by atomic mass is 10.1. The van der Waals surface area contributed by atoms with E-state index in [1.165, 1.54) is 30.7 Å². The van der Waals surface area contributed by atoms with Gasteiger partial charge in [-0.25, -0.2) is 0 Å². The van der Waals surface area contributed by atoms with Crippen LogP contribution in [0.5, 0.6) is 0 Å². The van der Waals surface area contributed by atoms with Crippen molar-refractivity contribution in [2.75, 3.05) is 13.1 Å². The Morgan fingerprint density at radius 2 is 1.50 bits per heavy atom. The van der Waals surface area contributed by atoms with Gasteiger partial charge in [-0.3, -0.25) is 0 Å². The summed E-state index contributed by atoms with van der Waals surface area (Å²) in [6, 6.07) is 0. The number of hydroxylamine groups is 2. The van der Waals surface area contributed by atoms with Gasteiger partial charge in [-0.05, 0) is 12.8 Å². The van der Waals surface area contributed by atoms with Crippen LogP contribution in [0.3, 0.4) is 0 Å². The fourth-order valence-corrected chi connectivity index (χ4v) is 1.27. The lowest BCUT2D eigenvalue weighted by Gasteiger charge is -2.12. The van der Waals surface area contributed by atoms with Gasteiger partial charge >= 0.3 is 0 Å². The van der Waals surface area contributed by atoms with E-state index in [1.807, 2.05) is 0 Å². The molecule has 2 heteroatoms. The van der Waals surface area contributed by atoms with Gasteiger partial charge in [-0.15, -0.1) is 0 Å². The molecule has 12 heavy (non-hydrogen) atoms. The van der Waals surface area contributed by atoms with Crippen LogP contribution >= 0.6 is 0 Å². The van der Waals surface area contributed by atoms with Gasteiger partial charge in [0.15, 0.2) is 0 Å². The number of rotatable bonds is 8. The number of hydrogen-bond acceptors (Lipinski definition) is 2. The summed E-state index contributed by atoms with van der Waals surface area (Å²) in [5, 5.41) is 10.7. The predicted molar refractivity (Wildman–Crippen MR) is 52.4 cm³/mol. The maximum Gasteiger partial charge on any atom is 0.0238 e. The number of nitrogens with zero attached hydrogens (tertiary/aromatic N) is 1. The number of hydrogen-bond donors (Lipinski definition) is 1. The topological polar surface area (TPSA) is 23.5 Å². The van der Waals surface area contributed by atoms with Gasteiger partial charge in [-0.1, -0.05) is 39.5 Å². The van der Waals surface area contributed by atoms with Crippen LogP contribution in [0.1, 0.15) is 52.4 Å². The van der Waals surface area contributed by atoms with Gasteiger partial charge in [0.05, 0.1) is 0 Å². The molecule has 0 aromatic carbocycles. The Balaban J connectivity index is 2.97. The van der Waals surface area contributed by atoms with E-state index in [9.17, 15) is 5.21 Å². The van der Waals surface area contributed by atoms with Crippen LogP contribution in [0.15, 0.2) is 0 Å². The summed E-state index contributed by atoms with van der Waals surface area (Å²) in [5.41, 5.74) is 0. The monoisotopic (exact) mass is 173 g/mol. The molecule has 0 aliphatic heterocycles. The highest BCUT2D eigenvalue weighted by Gasteiger charge is 1.96. The summed E-state index contributed by atoms with van der Waals surface area (Å²) in [6.45, 7) is 5.96. The van der Waals surface area contributed by atoms with Crippen molar-refractivity contribution >= 4 is 0 Å². The second-order valence-electron chi connectivity index (χ2n) is 3.37. The van der Waals surface area contributed by atoms with Crippen molar-refractivity contribution in [1.82, 2.24) is 5.06 Å². The highest BCUT2D eigenvalue weighted by Crippen LogP contribution is 2.02. The molecule has 0 unspecified atom stereocenters. The quantitative estimate of drug-likeness (QED) is 0.450. The summed E-state index contributed by atoms with van der Waals surface area (Å²) in [7, 11) is 0. The minimum Gasteiger partial charge on any atom is -0.314 e. The Hall–Kier alpha value is -0.0800. The van der Waals surface area contributed by atoms with Crippen LogP contribution in [0.4, 0.5) is 0 Å². The zero-order valence-electron chi connectivity index (χ0n) is 8.55. The van der Waals surface area contributed by atoms with Crippen LogP contribution in [-0.4, -0.2) is 23.4 Å². The van der Waals surface area contributed by atoms with Crippen LogP contribution in [-0.2, 0) is 0 Å². The molecule has 1 N–H and O–H groups in total. The van der Waals surface area contributed by atoms with E-state index in [1.54, 1.807) is 0 Å². The minimum absolute atomic E-state index is 0.813. The third-order valence-corrected chi connectivity index (χ3v) is 2.00. The Morgan fingerprint density at radius 3 is 2.08 bits per heavy atom. The third-order valence-electron chi connectivity index (χ3n) is 2.00. The van der Waals surface area contributed by atoms with Gasteiger partial charge in [0.2, 0.25) is 0 Å². The molecular weight excluding hydrogens is 150 g/mol. The Bertz CT molecular complexity index is 85.9. The second-order valence-corrected chi connectivity index (χ2v) is 3.37.